The van der Waals surface area contributed by atoms with E-state index in [0.29, 0.717) is 0 Å². The third-order valence-corrected chi connectivity index (χ3v) is 5.61. The maximum absolute atomic E-state index is 2.26. The largest absolute Gasteiger partial charge is 0.0616 e. The highest BCUT2D eigenvalue weighted by atomic mass is 14.2. The molecule has 0 aromatic heterocycles. The van der Waals surface area contributed by atoms with Gasteiger partial charge in [0.25, 0.3) is 0 Å². The molecule has 0 amide bonds. The van der Waals surface area contributed by atoms with Gasteiger partial charge in [0, 0.05) is 0 Å². The Labute approximate surface area is 166 Å². The summed E-state index contributed by atoms with van der Waals surface area (Å²) >= 11 is 0. The predicted octanol–water partition coefficient (Wildman–Crippen LogP) is 7.94. The number of benzene rings is 5. The van der Waals surface area contributed by atoms with Crippen LogP contribution in [0.2, 0.25) is 0 Å². The van der Waals surface area contributed by atoms with Gasteiger partial charge in [0.1, 0.15) is 0 Å². The predicted molar refractivity (Wildman–Crippen MR) is 122 cm³/mol. The molecule has 5 rings (SSSR count). The van der Waals surface area contributed by atoms with Crippen LogP contribution >= 0.6 is 0 Å². The van der Waals surface area contributed by atoms with Crippen LogP contribution in [0.3, 0.4) is 0 Å². The molecule has 0 heterocycles. The lowest BCUT2D eigenvalue weighted by atomic mass is 9.86. The van der Waals surface area contributed by atoms with Gasteiger partial charge in [-0.05, 0) is 57.6 Å². The molecule has 0 fully saturated rings. The third kappa shape index (κ3) is 2.70. The standard InChI is InChI=1S/C28H22/c1-19-11-15-21(16-12-19)27-23-7-3-5-9-25(23)28(22-17-13-20(2)14-18-22)26-10-6-4-8-24(26)27/h3-18H,1-2H3. The highest BCUT2D eigenvalue weighted by Crippen LogP contribution is 2.43. The van der Waals surface area contributed by atoms with Crippen molar-refractivity contribution in [2.24, 2.45) is 0 Å². The van der Waals surface area contributed by atoms with Crippen LogP contribution in [0.1, 0.15) is 11.1 Å². The Morgan fingerprint density at radius 2 is 0.643 bits per heavy atom. The maximum Gasteiger partial charge on any atom is -0.00264 e. The summed E-state index contributed by atoms with van der Waals surface area (Å²) in [7, 11) is 0. The first-order valence-electron chi connectivity index (χ1n) is 9.80. The normalized spacial score (nSPS) is 11.2. The van der Waals surface area contributed by atoms with Crippen LogP contribution in [-0.2, 0) is 0 Å². The summed E-state index contributed by atoms with van der Waals surface area (Å²) in [5, 5.41) is 5.22. The number of rotatable bonds is 2. The molecule has 28 heavy (non-hydrogen) atoms. The molecule has 5 aromatic rings. The smallest absolute Gasteiger partial charge is 0.00264 e. The van der Waals surface area contributed by atoms with Crippen LogP contribution in [0, 0.1) is 13.8 Å². The van der Waals surface area contributed by atoms with E-state index < -0.39 is 0 Å². The van der Waals surface area contributed by atoms with Gasteiger partial charge in [-0.15, -0.1) is 0 Å². The second kappa shape index (κ2) is 6.65. The number of hydrogen-bond acceptors (Lipinski definition) is 0. The van der Waals surface area contributed by atoms with Crippen molar-refractivity contribution in [2.45, 2.75) is 13.8 Å². The molecule has 0 saturated heterocycles. The monoisotopic (exact) mass is 358 g/mol. The Balaban J connectivity index is 1.96. The third-order valence-electron chi connectivity index (χ3n) is 5.61. The summed E-state index contributed by atoms with van der Waals surface area (Å²) < 4.78 is 0. The van der Waals surface area contributed by atoms with Crippen molar-refractivity contribution in [1.29, 1.82) is 0 Å². The number of hydrogen-bond donors (Lipinski definition) is 0. The molecule has 0 aliphatic heterocycles. The van der Waals surface area contributed by atoms with Gasteiger partial charge in [0.15, 0.2) is 0 Å². The molecule has 0 N–H and O–H groups in total. The molecule has 5 aromatic carbocycles. The first kappa shape index (κ1) is 16.8. The Hall–Kier alpha value is -3.38. The summed E-state index contributed by atoms with van der Waals surface area (Å²) in [6.45, 7) is 4.28. The molecule has 0 nitrogen and oxygen atoms in total. The van der Waals surface area contributed by atoms with Crippen molar-refractivity contribution >= 4 is 21.5 Å². The minimum Gasteiger partial charge on any atom is -0.0616 e. The van der Waals surface area contributed by atoms with Crippen molar-refractivity contribution in [2.75, 3.05) is 0 Å². The average Bonchev–Trinajstić information content (AvgIpc) is 2.74. The molecule has 0 atom stereocenters. The molecule has 0 spiro atoms. The van der Waals surface area contributed by atoms with Gasteiger partial charge in [0.05, 0.1) is 0 Å². The summed E-state index contributed by atoms with van der Waals surface area (Å²) in [5.41, 5.74) is 7.76. The lowest BCUT2D eigenvalue weighted by Gasteiger charge is -2.17. The highest BCUT2D eigenvalue weighted by molar-refractivity contribution is 6.21. The summed E-state index contributed by atoms with van der Waals surface area (Å²) in [5.74, 6) is 0. The zero-order valence-corrected chi connectivity index (χ0v) is 16.2. The summed E-state index contributed by atoms with van der Waals surface area (Å²) in [4.78, 5) is 0. The minimum absolute atomic E-state index is 1.27. The Morgan fingerprint density at radius 3 is 0.929 bits per heavy atom. The summed E-state index contributed by atoms with van der Waals surface area (Å²) in [6, 6.07) is 35.4. The highest BCUT2D eigenvalue weighted by Gasteiger charge is 2.15. The molecular formula is C28H22. The zero-order valence-electron chi connectivity index (χ0n) is 16.2. The molecule has 0 unspecified atom stereocenters. The maximum atomic E-state index is 2.26. The van der Waals surface area contributed by atoms with Crippen LogP contribution in [0.15, 0.2) is 97.1 Å². The van der Waals surface area contributed by atoms with E-state index in [0.717, 1.165) is 0 Å². The van der Waals surface area contributed by atoms with Crippen molar-refractivity contribution in [3.63, 3.8) is 0 Å². The molecular weight excluding hydrogens is 336 g/mol. The fraction of sp³-hybridized carbons (Fsp3) is 0.0714. The van der Waals surface area contributed by atoms with Crippen LogP contribution in [-0.4, -0.2) is 0 Å². The van der Waals surface area contributed by atoms with E-state index in [9.17, 15) is 0 Å². The van der Waals surface area contributed by atoms with E-state index in [4.69, 9.17) is 0 Å². The topological polar surface area (TPSA) is 0 Å². The average molecular weight is 358 g/mol. The molecule has 134 valence electrons. The SMILES string of the molecule is Cc1ccc(-c2c3ccccc3c(-c3ccc(C)cc3)c3ccccc23)cc1. The molecule has 0 radical (unpaired) electrons. The number of aryl methyl sites for hydroxylation is 2. The Morgan fingerprint density at radius 1 is 0.357 bits per heavy atom. The first-order valence-corrected chi connectivity index (χ1v) is 9.80. The fourth-order valence-corrected chi connectivity index (χ4v) is 4.19. The van der Waals surface area contributed by atoms with E-state index in [2.05, 4.69) is 111 Å². The molecule has 0 heteroatoms. The van der Waals surface area contributed by atoms with Crippen molar-refractivity contribution in [1.82, 2.24) is 0 Å². The minimum atomic E-state index is 1.27. The zero-order chi connectivity index (χ0) is 19.1. The van der Waals surface area contributed by atoms with E-state index in [1.807, 2.05) is 0 Å². The summed E-state index contributed by atoms with van der Waals surface area (Å²) in [6.07, 6.45) is 0. The molecule has 0 saturated carbocycles. The van der Waals surface area contributed by atoms with E-state index >= 15 is 0 Å². The van der Waals surface area contributed by atoms with Gasteiger partial charge in [-0.25, -0.2) is 0 Å². The van der Waals surface area contributed by atoms with Crippen LogP contribution in [0.4, 0.5) is 0 Å². The van der Waals surface area contributed by atoms with Gasteiger partial charge >= 0.3 is 0 Å². The second-order valence-corrected chi connectivity index (χ2v) is 7.57. The lowest BCUT2D eigenvalue weighted by molar-refractivity contribution is 1.47. The quantitative estimate of drug-likeness (QED) is 0.281. The van der Waals surface area contributed by atoms with Crippen LogP contribution in [0.5, 0.6) is 0 Å². The Bertz CT molecular complexity index is 1130. The van der Waals surface area contributed by atoms with Gasteiger partial charge in [-0.1, -0.05) is 108 Å². The van der Waals surface area contributed by atoms with Gasteiger partial charge in [-0.2, -0.15) is 0 Å². The van der Waals surface area contributed by atoms with E-state index in [1.165, 1.54) is 54.9 Å². The lowest BCUT2D eigenvalue weighted by Crippen LogP contribution is -1.90. The van der Waals surface area contributed by atoms with Crippen molar-refractivity contribution < 1.29 is 0 Å². The van der Waals surface area contributed by atoms with Gasteiger partial charge in [0.2, 0.25) is 0 Å². The molecule has 0 aliphatic carbocycles. The number of fused-ring (bicyclic) bond motifs is 2. The Kier molecular flexibility index (Phi) is 3.98. The van der Waals surface area contributed by atoms with Crippen LogP contribution < -0.4 is 0 Å². The van der Waals surface area contributed by atoms with Crippen molar-refractivity contribution in [3.05, 3.63) is 108 Å². The fourth-order valence-electron chi connectivity index (χ4n) is 4.19. The van der Waals surface area contributed by atoms with Crippen molar-refractivity contribution in [3.8, 4) is 22.3 Å². The van der Waals surface area contributed by atoms with Gasteiger partial charge in [-0.3, -0.25) is 0 Å². The van der Waals surface area contributed by atoms with E-state index in [1.54, 1.807) is 0 Å². The van der Waals surface area contributed by atoms with E-state index in [-0.39, 0.29) is 0 Å². The molecule has 0 bridgehead atoms. The second-order valence-electron chi connectivity index (χ2n) is 7.57. The molecule has 0 aliphatic rings. The first-order chi connectivity index (χ1) is 13.7. The van der Waals surface area contributed by atoms with Gasteiger partial charge < -0.3 is 0 Å². The van der Waals surface area contributed by atoms with Crippen LogP contribution in [0.25, 0.3) is 43.8 Å².